The van der Waals surface area contributed by atoms with Gasteiger partial charge in [0.2, 0.25) is 0 Å². The maximum Gasteiger partial charge on any atom is 0.119 e. The largest absolute Gasteiger partial charge is 0.491 e. The van der Waals surface area contributed by atoms with Gasteiger partial charge in [-0.25, -0.2) is 0 Å². The number of hydrogen-bond donors (Lipinski definition) is 2. The molecule has 0 saturated heterocycles. The van der Waals surface area contributed by atoms with Crippen LogP contribution in [0.1, 0.15) is 23.4 Å². The lowest BCUT2D eigenvalue weighted by Gasteiger charge is -2.16. The minimum Gasteiger partial charge on any atom is -0.491 e. The van der Waals surface area contributed by atoms with E-state index in [0.717, 1.165) is 0 Å². The van der Waals surface area contributed by atoms with Crippen LogP contribution in [0.15, 0.2) is 41.8 Å². The second-order valence-corrected chi connectivity index (χ2v) is 5.73. The molecule has 0 aliphatic rings. The van der Waals surface area contributed by atoms with Gasteiger partial charge in [0.25, 0.3) is 0 Å². The van der Waals surface area contributed by atoms with Gasteiger partial charge < -0.3 is 15.2 Å². The number of hydrogen-bond acceptors (Lipinski definition) is 5. The Kier molecular flexibility index (Phi) is 5.76. The van der Waals surface area contributed by atoms with Gasteiger partial charge in [-0.2, -0.15) is 5.26 Å². The summed E-state index contributed by atoms with van der Waals surface area (Å²) in [6.07, 6.45) is -0.581. The summed E-state index contributed by atoms with van der Waals surface area (Å²) >= 11 is 1.69. The number of thiophene rings is 1. The lowest BCUT2D eigenvalue weighted by atomic mass is 10.2. The molecule has 0 aliphatic carbocycles. The Labute approximate surface area is 128 Å². The molecule has 110 valence electrons. The number of rotatable bonds is 7. The summed E-state index contributed by atoms with van der Waals surface area (Å²) in [6, 6.07) is 13.2. The van der Waals surface area contributed by atoms with E-state index in [-0.39, 0.29) is 12.6 Å². The zero-order chi connectivity index (χ0) is 15.1. The van der Waals surface area contributed by atoms with Gasteiger partial charge >= 0.3 is 0 Å². The van der Waals surface area contributed by atoms with Crippen LogP contribution in [-0.2, 0) is 0 Å². The molecule has 2 atom stereocenters. The number of benzene rings is 1. The van der Waals surface area contributed by atoms with Gasteiger partial charge in [0.1, 0.15) is 18.5 Å². The highest BCUT2D eigenvalue weighted by molar-refractivity contribution is 7.10. The number of aliphatic hydroxyl groups is 1. The average molecular weight is 302 g/mol. The van der Waals surface area contributed by atoms with Crippen molar-refractivity contribution in [2.45, 2.75) is 19.1 Å². The maximum absolute atomic E-state index is 9.92. The smallest absolute Gasteiger partial charge is 0.119 e. The predicted molar refractivity (Wildman–Crippen MR) is 83.4 cm³/mol. The van der Waals surface area contributed by atoms with Crippen LogP contribution in [0, 0.1) is 11.3 Å². The molecule has 1 unspecified atom stereocenters. The van der Waals surface area contributed by atoms with Crippen molar-refractivity contribution >= 4 is 11.3 Å². The van der Waals surface area contributed by atoms with Gasteiger partial charge in [-0.3, -0.25) is 0 Å². The molecule has 0 fully saturated rings. The van der Waals surface area contributed by atoms with E-state index >= 15 is 0 Å². The van der Waals surface area contributed by atoms with Gasteiger partial charge in [-0.1, -0.05) is 6.07 Å². The third-order valence-corrected chi connectivity index (χ3v) is 4.11. The van der Waals surface area contributed by atoms with Crippen molar-refractivity contribution in [3.63, 3.8) is 0 Å². The zero-order valence-electron chi connectivity index (χ0n) is 11.8. The third kappa shape index (κ3) is 4.87. The first-order chi connectivity index (χ1) is 10.2. The van der Waals surface area contributed by atoms with Crippen LogP contribution in [0.4, 0.5) is 0 Å². The summed E-state index contributed by atoms with van der Waals surface area (Å²) in [6.45, 7) is 2.76. The average Bonchev–Trinajstić information content (AvgIpc) is 3.05. The predicted octanol–water partition coefficient (Wildman–Crippen LogP) is 2.71. The minimum atomic E-state index is -0.581. The number of nitrogens with one attached hydrogen (secondary N) is 1. The van der Waals surface area contributed by atoms with E-state index in [2.05, 4.69) is 24.4 Å². The molecule has 0 spiro atoms. The molecule has 1 aromatic heterocycles. The number of nitrogens with zero attached hydrogens (tertiary/aromatic N) is 1. The number of nitriles is 1. The molecule has 2 N–H and O–H groups in total. The Morgan fingerprint density at radius 2 is 2.10 bits per heavy atom. The van der Waals surface area contributed by atoms with Crippen molar-refractivity contribution in [1.82, 2.24) is 5.32 Å². The fourth-order valence-electron chi connectivity index (χ4n) is 1.83. The third-order valence-electron chi connectivity index (χ3n) is 3.06. The summed E-state index contributed by atoms with van der Waals surface area (Å²) in [5.74, 6) is 0.652. The number of aliphatic hydroxyl groups excluding tert-OH is 1. The van der Waals surface area contributed by atoms with Crippen molar-refractivity contribution in [3.05, 3.63) is 52.2 Å². The van der Waals surface area contributed by atoms with Gasteiger partial charge in [-0.05, 0) is 42.6 Å². The van der Waals surface area contributed by atoms with E-state index < -0.39 is 6.10 Å². The summed E-state index contributed by atoms with van der Waals surface area (Å²) in [5.41, 5.74) is 0.592. The molecule has 2 aromatic rings. The number of ether oxygens (including phenoxy) is 1. The molecule has 1 heterocycles. The molecular formula is C16H18N2O2S. The van der Waals surface area contributed by atoms with Crippen LogP contribution in [-0.4, -0.2) is 24.4 Å². The quantitative estimate of drug-likeness (QED) is 0.825. The van der Waals surface area contributed by atoms with Crippen molar-refractivity contribution in [3.8, 4) is 11.8 Å². The normalized spacial score (nSPS) is 13.4. The SMILES string of the molecule is C[C@H](NCC(O)COc1ccc(C#N)cc1)c1cccs1. The second-order valence-electron chi connectivity index (χ2n) is 4.75. The Morgan fingerprint density at radius 3 is 2.71 bits per heavy atom. The van der Waals surface area contributed by atoms with E-state index in [1.165, 1.54) is 4.88 Å². The Bertz CT molecular complexity index is 575. The van der Waals surface area contributed by atoms with Crippen LogP contribution in [0.25, 0.3) is 0 Å². The van der Waals surface area contributed by atoms with E-state index in [4.69, 9.17) is 10.00 Å². The monoisotopic (exact) mass is 302 g/mol. The second kappa shape index (κ2) is 7.79. The molecule has 4 nitrogen and oxygen atoms in total. The van der Waals surface area contributed by atoms with E-state index in [9.17, 15) is 5.11 Å². The van der Waals surface area contributed by atoms with Gasteiger partial charge in [-0.15, -0.1) is 11.3 Å². The summed E-state index contributed by atoms with van der Waals surface area (Å²) in [5, 5.41) is 23.9. The van der Waals surface area contributed by atoms with E-state index in [1.54, 1.807) is 35.6 Å². The molecule has 5 heteroatoms. The van der Waals surface area contributed by atoms with E-state index in [1.807, 2.05) is 11.4 Å². The standard InChI is InChI=1S/C16H18N2O2S/c1-12(16-3-2-8-21-16)18-10-14(19)11-20-15-6-4-13(9-17)5-7-15/h2-8,12,14,18-19H,10-11H2,1H3/t12-,14?/m0/s1. The highest BCUT2D eigenvalue weighted by atomic mass is 32.1. The first kappa shape index (κ1) is 15.5. The summed E-state index contributed by atoms with van der Waals surface area (Å²) in [4.78, 5) is 1.25. The molecule has 0 aliphatic heterocycles. The molecule has 0 radical (unpaired) electrons. The van der Waals surface area contributed by atoms with Crippen LogP contribution in [0.5, 0.6) is 5.75 Å². The molecule has 1 aromatic carbocycles. The van der Waals surface area contributed by atoms with Crippen LogP contribution >= 0.6 is 11.3 Å². The topological polar surface area (TPSA) is 65.3 Å². The first-order valence-corrected chi connectivity index (χ1v) is 7.65. The van der Waals surface area contributed by atoms with Crippen LogP contribution in [0.2, 0.25) is 0 Å². The van der Waals surface area contributed by atoms with Crippen molar-refractivity contribution in [1.29, 1.82) is 5.26 Å². The van der Waals surface area contributed by atoms with Crippen molar-refractivity contribution in [2.75, 3.05) is 13.2 Å². The van der Waals surface area contributed by atoms with Crippen LogP contribution in [0.3, 0.4) is 0 Å². The molecule has 0 bridgehead atoms. The zero-order valence-corrected chi connectivity index (χ0v) is 12.6. The van der Waals surface area contributed by atoms with Gasteiger partial charge in [0.05, 0.1) is 11.6 Å². The summed E-state index contributed by atoms with van der Waals surface area (Å²) < 4.78 is 5.49. The Morgan fingerprint density at radius 1 is 1.33 bits per heavy atom. The maximum atomic E-state index is 9.92. The Balaban J connectivity index is 1.72. The van der Waals surface area contributed by atoms with Gasteiger partial charge in [0.15, 0.2) is 0 Å². The van der Waals surface area contributed by atoms with Crippen molar-refractivity contribution in [2.24, 2.45) is 0 Å². The lowest BCUT2D eigenvalue weighted by molar-refractivity contribution is 0.104. The highest BCUT2D eigenvalue weighted by Gasteiger charge is 2.10. The fraction of sp³-hybridized carbons (Fsp3) is 0.312. The first-order valence-electron chi connectivity index (χ1n) is 6.77. The molecular weight excluding hydrogens is 284 g/mol. The van der Waals surface area contributed by atoms with Crippen molar-refractivity contribution < 1.29 is 9.84 Å². The summed E-state index contributed by atoms with van der Waals surface area (Å²) in [7, 11) is 0. The molecule has 0 saturated carbocycles. The molecule has 21 heavy (non-hydrogen) atoms. The molecule has 2 rings (SSSR count). The van der Waals surface area contributed by atoms with Crippen LogP contribution < -0.4 is 10.1 Å². The van der Waals surface area contributed by atoms with Gasteiger partial charge in [0, 0.05) is 17.5 Å². The highest BCUT2D eigenvalue weighted by Crippen LogP contribution is 2.18. The fourth-order valence-corrected chi connectivity index (χ4v) is 2.59. The lowest BCUT2D eigenvalue weighted by Crippen LogP contribution is -2.32. The Hall–Kier alpha value is -1.87. The molecule has 0 amide bonds. The minimum absolute atomic E-state index is 0.217. The van der Waals surface area contributed by atoms with E-state index in [0.29, 0.717) is 17.9 Å².